The van der Waals surface area contributed by atoms with Gasteiger partial charge >= 0.3 is 0 Å². The summed E-state index contributed by atoms with van der Waals surface area (Å²) in [6, 6.07) is 17.3. The molecular formula is C24H18F2N2O3. The number of hydrogen-bond acceptors (Lipinski definition) is 5. The molecule has 0 spiro atoms. The third-order valence-corrected chi connectivity index (χ3v) is 5.80. The average molecular weight is 420 g/mol. The molecule has 3 aliphatic heterocycles. The Hall–Kier alpha value is -3.61. The van der Waals surface area contributed by atoms with Gasteiger partial charge in [-0.1, -0.05) is 24.3 Å². The third kappa shape index (κ3) is 3.00. The minimum atomic E-state index is -0.910. The molecule has 0 aliphatic carbocycles. The predicted molar refractivity (Wildman–Crippen MR) is 109 cm³/mol. The highest BCUT2D eigenvalue weighted by molar-refractivity contribution is 6.02. The van der Waals surface area contributed by atoms with Gasteiger partial charge in [-0.2, -0.15) is 5.10 Å². The molecule has 0 saturated heterocycles. The number of fused-ring (bicyclic) bond motifs is 4. The fourth-order valence-electron chi connectivity index (χ4n) is 4.32. The van der Waals surface area contributed by atoms with Crippen molar-refractivity contribution in [3.05, 3.63) is 89.0 Å². The topological polar surface area (TPSA) is 43.3 Å². The molecule has 3 heterocycles. The molecule has 0 fully saturated rings. The summed E-state index contributed by atoms with van der Waals surface area (Å²) in [6.45, 7) is 1.05. The number of benzene rings is 3. The molecular weight excluding hydrogens is 402 g/mol. The van der Waals surface area contributed by atoms with Crippen molar-refractivity contribution < 1.29 is 23.0 Å². The fourth-order valence-corrected chi connectivity index (χ4v) is 4.32. The van der Waals surface area contributed by atoms with E-state index in [0.29, 0.717) is 30.9 Å². The van der Waals surface area contributed by atoms with Crippen LogP contribution in [0.25, 0.3) is 0 Å². The highest BCUT2D eigenvalue weighted by Crippen LogP contribution is 2.47. The number of hydrogen-bond donors (Lipinski definition) is 0. The number of halogens is 2. The van der Waals surface area contributed by atoms with E-state index in [1.54, 1.807) is 0 Å². The minimum absolute atomic E-state index is 0.0775. The maximum absolute atomic E-state index is 14.0. The van der Waals surface area contributed by atoms with Gasteiger partial charge in [0.15, 0.2) is 23.1 Å². The van der Waals surface area contributed by atoms with Crippen molar-refractivity contribution in [2.24, 2.45) is 5.10 Å². The van der Waals surface area contributed by atoms with Gasteiger partial charge in [-0.3, -0.25) is 0 Å². The molecule has 3 aromatic rings. The first kappa shape index (κ1) is 18.2. The molecule has 0 saturated carbocycles. The van der Waals surface area contributed by atoms with Crippen molar-refractivity contribution in [1.82, 2.24) is 5.01 Å². The molecule has 31 heavy (non-hydrogen) atoms. The lowest BCUT2D eigenvalue weighted by molar-refractivity contribution is -0.0192. The summed E-state index contributed by atoms with van der Waals surface area (Å²) < 4.78 is 45.0. The van der Waals surface area contributed by atoms with Crippen LogP contribution in [0.15, 0.2) is 65.8 Å². The van der Waals surface area contributed by atoms with Crippen LogP contribution in [0.5, 0.6) is 17.2 Å². The Morgan fingerprint density at radius 1 is 0.839 bits per heavy atom. The zero-order chi connectivity index (χ0) is 20.9. The van der Waals surface area contributed by atoms with E-state index in [4.69, 9.17) is 19.3 Å². The predicted octanol–water partition coefficient (Wildman–Crippen LogP) is 4.98. The zero-order valence-corrected chi connectivity index (χ0v) is 16.4. The van der Waals surface area contributed by atoms with E-state index in [0.717, 1.165) is 34.4 Å². The maximum Gasteiger partial charge on any atom is 0.213 e. The SMILES string of the molecule is Fc1ccc([C@H]2Oc3ccccc3[C@@H]3CC(c4ccc5c(c4)OCCO5)=NN23)cc1F. The highest BCUT2D eigenvalue weighted by Gasteiger charge is 2.41. The highest BCUT2D eigenvalue weighted by atomic mass is 19.2. The first-order chi connectivity index (χ1) is 15.2. The van der Waals surface area contributed by atoms with Crippen LogP contribution in [0.2, 0.25) is 0 Å². The molecule has 5 nitrogen and oxygen atoms in total. The van der Waals surface area contributed by atoms with E-state index < -0.39 is 17.9 Å². The largest absolute Gasteiger partial charge is 0.486 e. The molecule has 0 unspecified atom stereocenters. The number of para-hydroxylation sites is 1. The Kier molecular flexibility index (Phi) is 4.09. The molecule has 0 bridgehead atoms. The van der Waals surface area contributed by atoms with Gasteiger partial charge in [0.05, 0.1) is 11.8 Å². The monoisotopic (exact) mass is 420 g/mol. The van der Waals surface area contributed by atoms with Crippen molar-refractivity contribution in [3.8, 4) is 17.2 Å². The first-order valence-corrected chi connectivity index (χ1v) is 10.1. The van der Waals surface area contributed by atoms with E-state index in [9.17, 15) is 8.78 Å². The summed E-state index contributed by atoms with van der Waals surface area (Å²) in [6.07, 6.45) is -0.00933. The lowest BCUT2D eigenvalue weighted by atomic mass is 9.95. The van der Waals surface area contributed by atoms with E-state index in [1.807, 2.05) is 47.5 Å². The van der Waals surface area contributed by atoms with Gasteiger partial charge in [0, 0.05) is 23.1 Å². The number of ether oxygens (including phenoxy) is 3. The van der Waals surface area contributed by atoms with Crippen LogP contribution in [0.3, 0.4) is 0 Å². The molecule has 0 amide bonds. The maximum atomic E-state index is 14.0. The van der Waals surface area contributed by atoms with Crippen LogP contribution in [0, 0.1) is 11.6 Å². The van der Waals surface area contributed by atoms with Crippen molar-refractivity contribution in [3.63, 3.8) is 0 Å². The molecule has 0 radical (unpaired) electrons. The Morgan fingerprint density at radius 2 is 1.68 bits per heavy atom. The summed E-state index contributed by atoms with van der Waals surface area (Å²) >= 11 is 0. The molecule has 0 N–H and O–H groups in total. The number of nitrogens with zero attached hydrogens (tertiary/aromatic N) is 2. The van der Waals surface area contributed by atoms with E-state index in [1.165, 1.54) is 12.1 Å². The van der Waals surface area contributed by atoms with Crippen LogP contribution in [-0.4, -0.2) is 23.9 Å². The third-order valence-electron chi connectivity index (χ3n) is 5.80. The van der Waals surface area contributed by atoms with Gasteiger partial charge in [0.25, 0.3) is 0 Å². The van der Waals surface area contributed by atoms with Crippen molar-refractivity contribution in [2.45, 2.75) is 18.7 Å². The van der Waals surface area contributed by atoms with Crippen LogP contribution in [-0.2, 0) is 0 Å². The van der Waals surface area contributed by atoms with Gasteiger partial charge in [0.1, 0.15) is 19.0 Å². The van der Waals surface area contributed by atoms with Crippen LogP contribution in [0.1, 0.15) is 35.4 Å². The van der Waals surface area contributed by atoms with Crippen LogP contribution >= 0.6 is 0 Å². The fraction of sp³-hybridized carbons (Fsp3) is 0.208. The summed E-state index contributed by atoms with van der Waals surface area (Å²) in [5.74, 6) is 0.340. The standard InChI is InChI=1S/C24H18F2N2O3/c25-17-7-5-15(11-18(17)26)24-28-20(16-3-1-2-4-21(16)31-24)13-19(27-28)14-6-8-22-23(12-14)30-10-9-29-22/h1-8,11-12,20,24H,9-10,13H2/t20-,24+/m0/s1. The summed E-state index contributed by atoms with van der Waals surface area (Å²) in [4.78, 5) is 0. The molecule has 0 aromatic heterocycles. The van der Waals surface area contributed by atoms with Crippen molar-refractivity contribution >= 4 is 5.71 Å². The second-order valence-electron chi connectivity index (χ2n) is 7.69. The van der Waals surface area contributed by atoms with Crippen molar-refractivity contribution in [2.75, 3.05) is 13.2 Å². The zero-order valence-electron chi connectivity index (χ0n) is 16.4. The van der Waals surface area contributed by atoms with Gasteiger partial charge in [-0.25, -0.2) is 13.8 Å². The lowest BCUT2D eigenvalue weighted by Gasteiger charge is -2.38. The van der Waals surface area contributed by atoms with Gasteiger partial charge in [0.2, 0.25) is 6.23 Å². The summed E-state index contributed by atoms with van der Waals surface area (Å²) in [5.41, 5.74) is 3.32. The Balaban J connectivity index is 1.42. The molecule has 2 atom stereocenters. The summed E-state index contributed by atoms with van der Waals surface area (Å²) in [7, 11) is 0. The van der Waals surface area contributed by atoms with Crippen LogP contribution < -0.4 is 14.2 Å². The van der Waals surface area contributed by atoms with Gasteiger partial charge in [-0.05, 0) is 36.4 Å². The number of rotatable bonds is 2. The summed E-state index contributed by atoms with van der Waals surface area (Å²) in [5, 5.41) is 6.68. The number of hydrazone groups is 1. The molecule has 156 valence electrons. The molecule has 3 aromatic carbocycles. The van der Waals surface area contributed by atoms with E-state index >= 15 is 0 Å². The Bertz CT molecular complexity index is 1210. The second-order valence-corrected chi connectivity index (χ2v) is 7.69. The first-order valence-electron chi connectivity index (χ1n) is 10.1. The van der Waals surface area contributed by atoms with Gasteiger partial charge < -0.3 is 14.2 Å². The minimum Gasteiger partial charge on any atom is -0.486 e. The molecule has 3 aliphatic rings. The van der Waals surface area contributed by atoms with E-state index in [2.05, 4.69) is 0 Å². The van der Waals surface area contributed by atoms with Crippen LogP contribution in [0.4, 0.5) is 8.78 Å². The smallest absolute Gasteiger partial charge is 0.213 e. The van der Waals surface area contributed by atoms with E-state index in [-0.39, 0.29) is 6.04 Å². The molecule has 6 rings (SSSR count). The van der Waals surface area contributed by atoms with Gasteiger partial charge in [-0.15, -0.1) is 0 Å². The average Bonchev–Trinajstić information content (AvgIpc) is 3.26. The normalized spacial score (nSPS) is 21.1. The molecule has 7 heteroatoms. The lowest BCUT2D eigenvalue weighted by Crippen LogP contribution is -2.33. The quantitative estimate of drug-likeness (QED) is 0.587. The Labute approximate surface area is 177 Å². The van der Waals surface area contributed by atoms with Crippen molar-refractivity contribution in [1.29, 1.82) is 0 Å². The second kappa shape index (κ2) is 6.97. The Morgan fingerprint density at radius 3 is 2.55 bits per heavy atom.